The number of aromatic nitrogens is 2. The van der Waals surface area contributed by atoms with Crippen molar-refractivity contribution in [2.75, 3.05) is 5.32 Å². The van der Waals surface area contributed by atoms with Crippen LogP contribution in [0.1, 0.15) is 43.7 Å². The lowest BCUT2D eigenvalue weighted by Crippen LogP contribution is -2.41. The Hall–Kier alpha value is -3.49. The van der Waals surface area contributed by atoms with Gasteiger partial charge in [0.05, 0.1) is 10.5 Å². The molecule has 9 heteroatoms. The van der Waals surface area contributed by atoms with E-state index in [4.69, 9.17) is 0 Å². The second-order valence-electron chi connectivity index (χ2n) is 8.32. The molecule has 1 aliphatic carbocycles. The first kappa shape index (κ1) is 18.9. The van der Waals surface area contributed by atoms with Crippen LogP contribution in [0.5, 0.6) is 0 Å². The summed E-state index contributed by atoms with van der Waals surface area (Å²) in [6.45, 7) is 3.98. The largest absolute Gasteiger partial charge is 0.344 e. The van der Waals surface area contributed by atoms with Gasteiger partial charge in [0.2, 0.25) is 0 Å². The minimum absolute atomic E-state index is 0.0778. The second kappa shape index (κ2) is 6.26. The van der Waals surface area contributed by atoms with Crippen LogP contribution in [0.4, 0.5) is 11.5 Å². The summed E-state index contributed by atoms with van der Waals surface area (Å²) in [7, 11) is 1.54. The molecule has 150 valence electrons. The molecule has 0 amide bonds. The van der Waals surface area contributed by atoms with Gasteiger partial charge in [0.15, 0.2) is 5.78 Å². The Balaban J connectivity index is 2.00. The van der Waals surface area contributed by atoms with E-state index >= 15 is 0 Å². The molecule has 2 heterocycles. The highest BCUT2D eigenvalue weighted by Gasteiger charge is 2.42. The number of H-pyrrole nitrogens is 1. The number of Topliss-reactive ketones (excluding diaryl/α,β-unsaturated/α-hetero) is 1. The molecule has 0 saturated carbocycles. The van der Waals surface area contributed by atoms with E-state index in [9.17, 15) is 24.5 Å². The van der Waals surface area contributed by atoms with Gasteiger partial charge in [-0.1, -0.05) is 26.0 Å². The van der Waals surface area contributed by atoms with Crippen molar-refractivity contribution in [2.45, 2.75) is 32.6 Å². The number of aromatic amines is 1. The Morgan fingerprint density at radius 2 is 1.79 bits per heavy atom. The number of ketones is 1. The van der Waals surface area contributed by atoms with Crippen LogP contribution in [0.2, 0.25) is 0 Å². The van der Waals surface area contributed by atoms with E-state index in [1.165, 1.54) is 16.7 Å². The zero-order valence-electron chi connectivity index (χ0n) is 16.2. The van der Waals surface area contributed by atoms with Gasteiger partial charge in [0.1, 0.15) is 5.82 Å². The maximum absolute atomic E-state index is 13.1. The molecule has 2 aliphatic rings. The molecule has 0 bridgehead atoms. The molecule has 1 aliphatic heterocycles. The van der Waals surface area contributed by atoms with Crippen molar-refractivity contribution in [3.63, 3.8) is 0 Å². The number of rotatable bonds is 2. The average molecular weight is 396 g/mol. The molecule has 0 saturated heterocycles. The van der Waals surface area contributed by atoms with Crippen LogP contribution in [0.25, 0.3) is 0 Å². The molecular formula is C20H20N4O5. The molecule has 1 aromatic carbocycles. The van der Waals surface area contributed by atoms with Gasteiger partial charge in [0.25, 0.3) is 11.2 Å². The minimum atomic E-state index is -0.707. The Labute approximate surface area is 165 Å². The summed E-state index contributed by atoms with van der Waals surface area (Å²) in [6.07, 6.45) is 0.911. The molecule has 0 unspecified atom stereocenters. The summed E-state index contributed by atoms with van der Waals surface area (Å²) in [5.74, 6) is -0.446. The lowest BCUT2D eigenvalue weighted by Gasteiger charge is -2.39. The maximum atomic E-state index is 13.1. The summed E-state index contributed by atoms with van der Waals surface area (Å²) in [5, 5.41) is 14.2. The molecule has 2 aromatic rings. The van der Waals surface area contributed by atoms with Gasteiger partial charge in [-0.2, -0.15) is 0 Å². The number of fused-ring (bicyclic) bond motifs is 1. The van der Waals surface area contributed by atoms with E-state index in [1.807, 2.05) is 13.8 Å². The number of hydrogen-bond acceptors (Lipinski definition) is 6. The van der Waals surface area contributed by atoms with Crippen molar-refractivity contribution in [2.24, 2.45) is 12.5 Å². The first-order chi connectivity index (χ1) is 13.6. The molecule has 1 atom stereocenters. The average Bonchev–Trinajstić information content (AvgIpc) is 2.63. The van der Waals surface area contributed by atoms with Crippen molar-refractivity contribution in [1.29, 1.82) is 0 Å². The number of carbonyl (C=O) groups is 1. The Morgan fingerprint density at radius 3 is 2.41 bits per heavy atom. The number of nitro groups is 1. The van der Waals surface area contributed by atoms with E-state index in [0.29, 0.717) is 35.5 Å². The summed E-state index contributed by atoms with van der Waals surface area (Å²) >= 11 is 0. The number of nitro benzene ring substituents is 1. The number of benzene rings is 1. The van der Waals surface area contributed by atoms with E-state index < -0.39 is 22.1 Å². The number of hydrogen-bond donors (Lipinski definition) is 2. The third-order valence-corrected chi connectivity index (χ3v) is 5.56. The highest BCUT2D eigenvalue weighted by Crippen LogP contribution is 2.47. The van der Waals surface area contributed by atoms with Gasteiger partial charge in [-0.3, -0.25) is 29.3 Å². The van der Waals surface area contributed by atoms with Crippen molar-refractivity contribution in [3.05, 3.63) is 77.6 Å². The van der Waals surface area contributed by atoms with Gasteiger partial charge in [-0.15, -0.1) is 0 Å². The van der Waals surface area contributed by atoms with Crippen molar-refractivity contribution in [1.82, 2.24) is 9.55 Å². The molecule has 29 heavy (non-hydrogen) atoms. The van der Waals surface area contributed by atoms with Gasteiger partial charge in [0, 0.05) is 42.8 Å². The standard InChI is InChI=1S/C20H20N4O5/c1-20(2)8-12-15(13(25)9-20)14(10-4-6-11(7-5-10)24(28)29)16-17(21-12)23(3)19(27)22-18(16)26/h4-7,14,21H,8-9H2,1-3H3,(H,22,26,27)/t14-/m1/s1. The highest BCUT2D eigenvalue weighted by atomic mass is 16.6. The summed E-state index contributed by atoms with van der Waals surface area (Å²) < 4.78 is 1.31. The quantitative estimate of drug-likeness (QED) is 0.592. The molecule has 0 spiro atoms. The predicted molar refractivity (Wildman–Crippen MR) is 106 cm³/mol. The number of allylic oxidation sites excluding steroid dienone is 2. The van der Waals surface area contributed by atoms with Gasteiger partial charge >= 0.3 is 5.69 Å². The van der Waals surface area contributed by atoms with Crippen molar-refractivity contribution >= 4 is 17.3 Å². The van der Waals surface area contributed by atoms with Crippen LogP contribution in [0, 0.1) is 15.5 Å². The number of nitrogens with zero attached hydrogens (tertiary/aromatic N) is 2. The first-order valence-electron chi connectivity index (χ1n) is 9.20. The monoisotopic (exact) mass is 396 g/mol. The molecule has 0 radical (unpaired) electrons. The zero-order chi connectivity index (χ0) is 21.1. The molecule has 4 rings (SSSR count). The fourth-order valence-corrected chi connectivity index (χ4v) is 4.25. The van der Waals surface area contributed by atoms with E-state index in [2.05, 4.69) is 10.3 Å². The van der Waals surface area contributed by atoms with Crippen molar-refractivity contribution in [3.8, 4) is 0 Å². The Morgan fingerprint density at radius 1 is 1.14 bits per heavy atom. The van der Waals surface area contributed by atoms with Gasteiger partial charge in [-0.25, -0.2) is 4.79 Å². The Bertz CT molecular complexity index is 1200. The van der Waals surface area contributed by atoms with Crippen LogP contribution in [0.15, 0.2) is 45.1 Å². The highest BCUT2D eigenvalue weighted by molar-refractivity contribution is 6.01. The van der Waals surface area contributed by atoms with Crippen LogP contribution in [0.3, 0.4) is 0 Å². The maximum Gasteiger partial charge on any atom is 0.329 e. The number of anilines is 1. The van der Waals surface area contributed by atoms with Gasteiger partial charge < -0.3 is 5.32 Å². The number of non-ortho nitro benzene ring substituents is 1. The smallest absolute Gasteiger partial charge is 0.329 e. The first-order valence-corrected chi connectivity index (χ1v) is 9.20. The zero-order valence-corrected chi connectivity index (χ0v) is 16.2. The molecule has 2 N–H and O–H groups in total. The normalized spacial score (nSPS) is 20.0. The van der Waals surface area contributed by atoms with Crippen LogP contribution >= 0.6 is 0 Å². The van der Waals surface area contributed by atoms with E-state index in [0.717, 1.165) is 0 Å². The predicted octanol–water partition coefficient (Wildman–Crippen LogP) is 2.18. The van der Waals surface area contributed by atoms with Gasteiger partial charge in [-0.05, 0) is 17.4 Å². The Kier molecular flexibility index (Phi) is 4.07. The summed E-state index contributed by atoms with van der Waals surface area (Å²) in [4.78, 5) is 50.8. The summed E-state index contributed by atoms with van der Waals surface area (Å²) in [5.41, 5.74) is 0.522. The lowest BCUT2D eigenvalue weighted by molar-refractivity contribution is -0.384. The van der Waals surface area contributed by atoms with Crippen molar-refractivity contribution < 1.29 is 9.72 Å². The fourth-order valence-electron chi connectivity index (χ4n) is 4.25. The van der Waals surface area contributed by atoms with Crippen LogP contribution < -0.4 is 16.6 Å². The second-order valence-corrected chi connectivity index (χ2v) is 8.32. The lowest BCUT2D eigenvalue weighted by atomic mass is 9.69. The topological polar surface area (TPSA) is 127 Å². The SMILES string of the molecule is Cn1c2c(c(=O)[nH]c1=O)[C@H](c1ccc([N+](=O)[O-])cc1)C1=C(CC(C)(C)CC1=O)N2. The third kappa shape index (κ3) is 2.98. The number of nitrogens with one attached hydrogen (secondary N) is 2. The van der Waals surface area contributed by atoms with Crippen LogP contribution in [-0.2, 0) is 11.8 Å². The molecule has 9 nitrogen and oxygen atoms in total. The molecule has 1 aromatic heterocycles. The van der Waals surface area contributed by atoms with E-state index in [1.54, 1.807) is 19.2 Å². The molecular weight excluding hydrogens is 376 g/mol. The summed E-state index contributed by atoms with van der Waals surface area (Å²) in [6, 6.07) is 5.82. The number of carbonyl (C=O) groups excluding carboxylic acids is 1. The minimum Gasteiger partial charge on any atom is -0.344 e. The van der Waals surface area contributed by atoms with Crippen LogP contribution in [-0.4, -0.2) is 20.3 Å². The fraction of sp³-hybridized carbons (Fsp3) is 0.350. The third-order valence-electron chi connectivity index (χ3n) is 5.56. The molecule has 0 fully saturated rings. The van der Waals surface area contributed by atoms with E-state index in [-0.39, 0.29) is 22.4 Å².